The molecule has 92 valence electrons. The van der Waals surface area contributed by atoms with E-state index in [4.69, 9.17) is 5.11 Å². The fourth-order valence-electron chi connectivity index (χ4n) is 1.71. The summed E-state index contributed by atoms with van der Waals surface area (Å²) in [6.07, 6.45) is 3.08. The maximum Gasteiger partial charge on any atom is 0.326 e. The number of hydrogen-bond donors (Lipinski definition) is 2. The lowest BCUT2D eigenvalue weighted by Gasteiger charge is -2.24. The number of rotatable bonds is 4. The van der Waals surface area contributed by atoms with Crippen LogP contribution in [0.3, 0.4) is 0 Å². The van der Waals surface area contributed by atoms with E-state index in [0.29, 0.717) is 0 Å². The SMILES string of the molecule is CC(C)C(NC(=O)C1CCCCS1)C(=O)O. The van der Waals surface area contributed by atoms with Crippen LogP contribution in [0.1, 0.15) is 33.1 Å². The zero-order valence-corrected chi connectivity index (χ0v) is 10.5. The van der Waals surface area contributed by atoms with Crippen LogP contribution in [-0.2, 0) is 9.59 Å². The quantitative estimate of drug-likeness (QED) is 0.787. The molecule has 0 aromatic heterocycles. The number of thioether (sulfide) groups is 1. The highest BCUT2D eigenvalue weighted by Gasteiger charge is 2.28. The lowest BCUT2D eigenvalue weighted by atomic mass is 10.0. The van der Waals surface area contributed by atoms with Crippen molar-refractivity contribution in [2.45, 2.75) is 44.4 Å². The van der Waals surface area contributed by atoms with Gasteiger partial charge in [-0.3, -0.25) is 4.79 Å². The predicted molar refractivity (Wildman–Crippen MR) is 64.5 cm³/mol. The summed E-state index contributed by atoms with van der Waals surface area (Å²) >= 11 is 1.63. The zero-order chi connectivity index (χ0) is 12.1. The molecule has 1 aliphatic heterocycles. The van der Waals surface area contributed by atoms with E-state index in [1.165, 1.54) is 0 Å². The zero-order valence-electron chi connectivity index (χ0n) is 9.73. The van der Waals surface area contributed by atoms with Gasteiger partial charge in [-0.05, 0) is 24.5 Å². The lowest BCUT2D eigenvalue weighted by Crippen LogP contribution is -2.47. The molecule has 1 fully saturated rings. The minimum Gasteiger partial charge on any atom is -0.480 e. The summed E-state index contributed by atoms with van der Waals surface area (Å²) in [5, 5.41) is 11.5. The monoisotopic (exact) mass is 245 g/mol. The highest BCUT2D eigenvalue weighted by molar-refractivity contribution is 8.00. The molecule has 4 nitrogen and oxygen atoms in total. The summed E-state index contributed by atoms with van der Waals surface area (Å²) < 4.78 is 0. The number of nitrogens with one attached hydrogen (secondary N) is 1. The summed E-state index contributed by atoms with van der Waals surface area (Å²) in [7, 11) is 0. The van der Waals surface area contributed by atoms with E-state index in [0.717, 1.165) is 25.0 Å². The molecule has 2 unspecified atom stereocenters. The summed E-state index contributed by atoms with van der Waals surface area (Å²) in [5.41, 5.74) is 0. The van der Waals surface area contributed by atoms with E-state index in [9.17, 15) is 9.59 Å². The average molecular weight is 245 g/mol. The van der Waals surface area contributed by atoms with Crippen LogP contribution >= 0.6 is 11.8 Å². The van der Waals surface area contributed by atoms with Crippen molar-refractivity contribution in [3.8, 4) is 0 Å². The van der Waals surface area contributed by atoms with Gasteiger partial charge in [0.15, 0.2) is 0 Å². The lowest BCUT2D eigenvalue weighted by molar-refractivity contribution is -0.143. The van der Waals surface area contributed by atoms with Crippen molar-refractivity contribution in [1.82, 2.24) is 5.32 Å². The molecule has 1 heterocycles. The van der Waals surface area contributed by atoms with Gasteiger partial charge in [0.05, 0.1) is 5.25 Å². The van der Waals surface area contributed by atoms with E-state index >= 15 is 0 Å². The maximum atomic E-state index is 11.8. The van der Waals surface area contributed by atoms with Gasteiger partial charge in [-0.25, -0.2) is 4.79 Å². The topological polar surface area (TPSA) is 66.4 Å². The molecule has 0 aliphatic carbocycles. The van der Waals surface area contributed by atoms with Gasteiger partial charge in [-0.1, -0.05) is 20.3 Å². The van der Waals surface area contributed by atoms with E-state index in [-0.39, 0.29) is 17.1 Å². The van der Waals surface area contributed by atoms with Crippen LogP contribution in [0, 0.1) is 5.92 Å². The predicted octanol–water partition coefficient (Wildman–Crippen LogP) is 1.50. The molecule has 1 aliphatic rings. The highest BCUT2D eigenvalue weighted by atomic mass is 32.2. The van der Waals surface area contributed by atoms with Crippen molar-refractivity contribution in [2.24, 2.45) is 5.92 Å². The molecule has 0 radical (unpaired) electrons. The van der Waals surface area contributed by atoms with Crippen LogP contribution in [0.15, 0.2) is 0 Å². The Kier molecular flexibility index (Phi) is 5.12. The van der Waals surface area contributed by atoms with Gasteiger partial charge < -0.3 is 10.4 Å². The Hall–Kier alpha value is -0.710. The Bertz CT molecular complexity index is 262. The fraction of sp³-hybridized carbons (Fsp3) is 0.818. The minimum atomic E-state index is -0.954. The number of carboxylic acids is 1. The Balaban J connectivity index is 2.50. The number of carboxylic acid groups (broad SMARTS) is 1. The van der Waals surface area contributed by atoms with E-state index in [1.54, 1.807) is 25.6 Å². The van der Waals surface area contributed by atoms with Crippen molar-refractivity contribution < 1.29 is 14.7 Å². The number of carbonyl (C=O) groups excluding carboxylic acids is 1. The molecule has 0 saturated carbocycles. The second-order valence-electron chi connectivity index (χ2n) is 4.42. The Morgan fingerprint density at radius 3 is 2.50 bits per heavy atom. The van der Waals surface area contributed by atoms with Crippen molar-refractivity contribution in [1.29, 1.82) is 0 Å². The molecular weight excluding hydrogens is 226 g/mol. The third-order valence-electron chi connectivity index (χ3n) is 2.70. The van der Waals surface area contributed by atoms with Gasteiger partial charge in [0, 0.05) is 0 Å². The highest BCUT2D eigenvalue weighted by Crippen LogP contribution is 2.25. The molecule has 2 atom stereocenters. The van der Waals surface area contributed by atoms with Crippen molar-refractivity contribution in [3.05, 3.63) is 0 Å². The van der Waals surface area contributed by atoms with Crippen LogP contribution in [0.2, 0.25) is 0 Å². The van der Waals surface area contributed by atoms with Crippen LogP contribution in [0.5, 0.6) is 0 Å². The van der Waals surface area contributed by atoms with Crippen LogP contribution in [0.4, 0.5) is 0 Å². The maximum absolute atomic E-state index is 11.8. The van der Waals surface area contributed by atoms with Gasteiger partial charge in [0.25, 0.3) is 0 Å². The first-order valence-electron chi connectivity index (χ1n) is 5.67. The molecule has 1 saturated heterocycles. The van der Waals surface area contributed by atoms with Crippen LogP contribution in [-0.4, -0.2) is 34.0 Å². The Labute approximate surface area is 100 Å². The minimum absolute atomic E-state index is 0.0608. The summed E-state index contributed by atoms with van der Waals surface area (Å²) in [6, 6.07) is -0.768. The van der Waals surface area contributed by atoms with Gasteiger partial charge >= 0.3 is 5.97 Å². The second kappa shape index (κ2) is 6.13. The van der Waals surface area contributed by atoms with E-state index in [1.807, 2.05) is 0 Å². The number of aliphatic carboxylic acids is 1. The number of amides is 1. The Morgan fingerprint density at radius 2 is 2.06 bits per heavy atom. The van der Waals surface area contributed by atoms with E-state index in [2.05, 4.69) is 5.32 Å². The molecule has 0 aromatic carbocycles. The average Bonchev–Trinajstić information content (AvgIpc) is 2.25. The number of carbonyl (C=O) groups is 2. The first-order chi connectivity index (χ1) is 7.52. The molecular formula is C11H19NO3S. The summed E-state index contributed by atoms with van der Waals surface area (Å²) in [6.45, 7) is 3.60. The second-order valence-corrected chi connectivity index (χ2v) is 5.73. The summed E-state index contributed by atoms with van der Waals surface area (Å²) in [5.74, 6) is -0.165. The molecule has 0 spiro atoms. The van der Waals surface area contributed by atoms with Crippen molar-refractivity contribution in [3.63, 3.8) is 0 Å². The van der Waals surface area contributed by atoms with Crippen molar-refractivity contribution >= 4 is 23.6 Å². The first-order valence-corrected chi connectivity index (χ1v) is 6.72. The van der Waals surface area contributed by atoms with Crippen LogP contribution < -0.4 is 5.32 Å². The van der Waals surface area contributed by atoms with Crippen molar-refractivity contribution in [2.75, 3.05) is 5.75 Å². The molecule has 1 amide bonds. The smallest absolute Gasteiger partial charge is 0.326 e. The Morgan fingerprint density at radius 1 is 1.38 bits per heavy atom. The third-order valence-corrected chi connectivity index (χ3v) is 4.08. The normalized spacial score (nSPS) is 22.8. The summed E-state index contributed by atoms with van der Waals surface area (Å²) in [4.78, 5) is 22.8. The largest absolute Gasteiger partial charge is 0.480 e. The fourth-order valence-corrected chi connectivity index (χ4v) is 2.92. The molecule has 0 aromatic rings. The molecule has 0 bridgehead atoms. The first kappa shape index (κ1) is 13.4. The molecule has 5 heteroatoms. The van der Waals surface area contributed by atoms with Gasteiger partial charge in [0.2, 0.25) is 5.91 Å². The standard InChI is InChI=1S/C11H19NO3S/c1-7(2)9(11(14)15)12-10(13)8-5-3-4-6-16-8/h7-9H,3-6H2,1-2H3,(H,12,13)(H,14,15). The van der Waals surface area contributed by atoms with Gasteiger partial charge in [-0.15, -0.1) is 11.8 Å². The molecule has 16 heavy (non-hydrogen) atoms. The third kappa shape index (κ3) is 3.70. The van der Waals surface area contributed by atoms with Gasteiger partial charge in [0.1, 0.15) is 6.04 Å². The molecule has 1 rings (SSSR count). The number of hydrogen-bond acceptors (Lipinski definition) is 3. The van der Waals surface area contributed by atoms with E-state index < -0.39 is 12.0 Å². The van der Waals surface area contributed by atoms with Gasteiger partial charge in [-0.2, -0.15) is 0 Å². The van der Waals surface area contributed by atoms with Crippen LogP contribution in [0.25, 0.3) is 0 Å². The molecule has 2 N–H and O–H groups in total.